The molecule has 4 aromatic carbocycles. The van der Waals surface area contributed by atoms with Crippen molar-refractivity contribution in [2.75, 3.05) is 11.9 Å². The quantitative estimate of drug-likeness (QED) is 0.119. The highest BCUT2D eigenvalue weighted by Gasteiger charge is 2.10. The van der Waals surface area contributed by atoms with E-state index in [1.807, 2.05) is 18.2 Å². The fraction of sp³-hybridized carbons (Fsp3) is 0.120. The molecule has 0 aliphatic heterocycles. The van der Waals surface area contributed by atoms with Crippen LogP contribution in [0.3, 0.4) is 0 Å². The minimum atomic E-state index is 0.428. The molecule has 0 amide bonds. The van der Waals surface area contributed by atoms with Crippen molar-refractivity contribution in [1.29, 1.82) is 0 Å². The minimum Gasteiger partial charge on any atom is -0.356 e. The maximum absolute atomic E-state index is 4.08. The summed E-state index contributed by atoms with van der Waals surface area (Å²) in [4.78, 5) is 2.32. The first-order valence-electron chi connectivity index (χ1n) is 18.1. The van der Waals surface area contributed by atoms with Crippen molar-refractivity contribution < 1.29 is 0 Å². The second-order valence-corrected chi connectivity index (χ2v) is 12.7. The average molecular weight is 679 g/mol. The van der Waals surface area contributed by atoms with Gasteiger partial charge in [-0.15, -0.1) is 0 Å². The number of anilines is 2. The summed E-state index contributed by atoms with van der Waals surface area (Å²) in [6.45, 7) is 13.0. The Labute approximate surface area is 311 Å². The Morgan fingerprint density at radius 1 is 0.750 bits per heavy atom. The standard InChI is InChI=1S/C50H50N2/c1-5-20-50(31-17-23-41-21-11-8-12-22-41)52(40(4)32-33-43(7-3)44-24-13-9-14-25-44)38-19-29-42(6-2)46-34-36-48(37-35-46)51-49-30-18-28-47(39-49)45-26-15-10-16-27-45/h5-22,24-26,28-37,39,45,51H,1,3,23,27,38H2,2,4H3/b29-19-,31-17-,40-32+,42-6+,43-33+,50-20+. The third kappa shape index (κ3) is 10.9. The average Bonchev–Trinajstić information content (AvgIpc) is 3.19. The minimum absolute atomic E-state index is 0.428. The Kier molecular flexibility index (Phi) is 14.2. The smallest absolute Gasteiger partial charge is 0.0411 e. The van der Waals surface area contributed by atoms with Crippen LogP contribution in [-0.4, -0.2) is 11.4 Å². The molecule has 1 N–H and O–H groups in total. The van der Waals surface area contributed by atoms with Crippen molar-refractivity contribution in [3.63, 3.8) is 0 Å². The lowest BCUT2D eigenvalue weighted by Gasteiger charge is -2.25. The highest BCUT2D eigenvalue weighted by Crippen LogP contribution is 2.28. The Morgan fingerprint density at radius 3 is 2.19 bits per heavy atom. The molecular formula is C50H50N2. The van der Waals surface area contributed by atoms with Crippen LogP contribution in [0, 0.1) is 0 Å². The zero-order valence-electron chi connectivity index (χ0n) is 30.5. The Morgan fingerprint density at radius 2 is 1.50 bits per heavy atom. The lowest BCUT2D eigenvalue weighted by molar-refractivity contribution is 0.488. The topological polar surface area (TPSA) is 15.3 Å². The van der Waals surface area contributed by atoms with E-state index in [-0.39, 0.29) is 0 Å². The number of nitrogens with one attached hydrogen (secondary N) is 1. The summed E-state index contributed by atoms with van der Waals surface area (Å²) in [5.41, 5.74) is 11.5. The molecule has 52 heavy (non-hydrogen) atoms. The molecule has 0 aromatic heterocycles. The van der Waals surface area contributed by atoms with Crippen molar-refractivity contribution in [1.82, 2.24) is 4.90 Å². The van der Waals surface area contributed by atoms with Crippen molar-refractivity contribution >= 4 is 22.5 Å². The summed E-state index contributed by atoms with van der Waals surface area (Å²) in [5, 5.41) is 3.60. The molecule has 0 radical (unpaired) electrons. The van der Waals surface area contributed by atoms with E-state index in [1.54, 1.807) is 0 Å². The van der Waals surface area contributed by atoms with Crippen LogP contribution in [0.5, 0.6) is 0 Å². The van der Waals surface area contributed by atoms with Gasteiger partial charge in [-0.2, -0.15) is 0 Å². The van der Waals surface area contributed by atoms with E-state index in [2.05, 4.69) is 213 Å². The zero-order chi connectivity index (χ0) is 36.4. The van der Waals surface area contributed by atoms with Crippen molar-refractivity contribution in [2.45, 2.75) is 32.6 Å². The van der Waals surface area contributed by atoms with Gasteiger partial charge >= 0.3 is 0 Å². The zero-order valence-corrected chi connectivity index (χ0v) is 30.5. The van der Waals surface area contributed by atoms with E-state index in [0.29, 0.717) is 12.5 Å². The number of benzene rings is 4. The van der Waals surface area contributed by atoms with Crippen LogP contribution in [0.4, 0.5) is 11.4 Å². The monoisotopic (exact) mass is 678 g/mol. The summed E-state index contributed by atoms with van der Waals surface area (Å²) in [6, 6.07) is 38.3. The highest BCUT2D eigenvalue weighted by molar-refractivity contribution is 5.76. The molecule has 2 nitrogen and oxygen atoms in total. The van der Waals surface area contributed by atoms with Crippen LogP contribution < -0.4 is 5.32 Å². The van der Waals surface area contributed by atoms with E-state index in [9.17, 15) is 0 Å². The third-order valence-corrected chi connectivity index (χ3v) is 9.04. The fourth-order valence-corrected chi connectivity index (χ4v) is 6.18. The number of nitrogens with zero attached hydrogens (tertiary/aromatic N) is 1. The predicted octanol–water partition coefficient (Wildman–Crippen LogP) is 13.3. The highest BCUT2D eigenvalue weighted by atomic mass is 15.1. The first-order valence-corrected chi connectivity index (χ1v) is 18.1. The predicted molar refractivity (Wildman–Crippen MR) is 227 cm³/mol. The van der Waals surface area contributed by atoms with Crippen LogP contribution >= 0.6 is 0 Å². The normalized spacial score (nSPS) is 15.3. The van der Waals surface area contributed by atoms with Gasteiger partial charge in [0.1, 0.15) is 0 Å². The van der Waals surface area contributed by atoms with E-state index in [4.69, 9.17) is 0 Å². The van der Waals surface area contributed by atoms with Gasteiger partial charge in [-0.25, -0.2) is 0 Å². The molecule has 0 saturated carbocycles. The molecule has 0 spiro atoms. The molecule has 1 aliphatic rings. The van der Waals surface area contributed by atoms with Gasteiger partial charge < -0.3 is 10.2 Å². The van der Waals surface area contributed by atoms with Gasteiger partial charge in [0.15, 0.2) is 0 Å². The summed E-state index contributed by atoms with van der Waals surface area (Å²) in [6.07, 6.45) is 31.8. The molecule has 260 valence electrons. The molecule has 1 atom stereocenters. The van der Waals surface area contributed by atoms with Crippen LogP contribution in [0.25, 0.3) is 11.1 Å². The SMILES string of the molecule is C=C/C=C(\C=C/Cc1ccccc1)N(C/C=C\C(=C/C)c1ccc(Nc2cccc(C3C=CC=CC3)c2)cc1)/C(C)=C/C=C(\C=C)c1ccccc1. The second-order valence-electron chi connectivity index (χ2n) is 12.7. The Hall–Kier alpha value is -6.12. The van der Waals surface area contributed by atoms with Crippen LogP contribution in [0.1, 0.15) is 48.4 Å². The first-order chi connectivity index (χ1) is 25.6. The van der Waals surface area contributed by atoms with Gasteiger partial charge in [-0.05, 0) is 103 Å². The molecule has 1 aliphatic carbocycles. The molecule has 0 heterocycles. The lowest BCUT2D eigenvalue weighted by atomic mass is 9.92. The fourth-order valence-electron chi connectivity index (χ4n) is 6.18. The molecule has 5 rings (SSSR count). The van der Waals surface area contributed by atoms with Gasteiger partial charge in [-0.3, -0.25) is 0 Å². The molecular weight excluding hydrogens is 629 g/mol. The summed E-state index contributed by atoms with van der Waals surface area (Å²) < 4.78 is 0. The maximum Gasteiger partial charge on any atom is 0.0411 e. The molecule has 2 heteroatoms. The van der Waals surface area contributed by atoms with Gasteiger partial charge in [0.25, 0.3) is 0 Å². The van der Waals surface area contributed by atoms with E-state index >= 15 is 0 Å². The molecule has 4 aromatic rings. The second kappa shape index (κ2) is 19.9. The summed E-state index contributed by atoms with van der Waals surface area (Å²) >= 11 is 0. The Balaban J connectivity index is 1.33. The first kappa shape index (κ1) is 37.1. The lowest BCUT2D eigenvalue weighted by Crippen LogP contribution is -2.20. The number of hydrogen-bond acceptors (Lipinski definition) is 2. The van der Waals surface area contributed by atoms with Gasteiger partial charge in [-0.1, -0.05) is 165 Å². The third-order valence-electron chi connectivity index (χ3n) is 9.04. The number of allylic oxidation sites excluding steroid dienone is 16. The van der Waals surface area contributed by atoms with Gasteiger partial charge in [0.05, 0.1) is 0 Å². The van der Waals surface area contributed by atoms with E-state index < -0.39 is 0 Å². The summed E-state index contributed by atoms with van der Waals surface area (Å²) in [7, 11) is 0. The molecule has 0 bridgehead atoms. The van der Waals surface area contributed by atoms with Crippen molar-refractivity contribution in [3.05, 3.63) is 241 Å². The largest absolute Gasteiger partial charge is 0.356 e. The van der Waals surface area contributed by atoms with Crippen LogP contribution in [-0.2, 0) is 6.42 Å². The molecule has 1 unspecified atom stereocenters. The summed E-state index contributed by atoms with van der Waals surface area (Å²) in [5.74, 6) is 0.428. The van der Waals surface area contributed by atoms with Crippen LogP contribution in [0.15, 0.2) is 219 Å². The van der Waals surface area contributed by atoms with Crippen molar-refractivity contribution in [2.24, 2.45) is 0 Å². The Bertz CT molecular complexity index is 2010. The van der Waals surface area contributed by atoms with E-state index in [0.717, 1.165) is 46.7 Å². The maximum atomic E-state index is 4.08. The molecule has 0 fully saturated rings. The van der Waals surface area contributed by atoms with Crippen LogP contribution in [0.2, 0.25) is 0 Å². The molecule has 0 saturated heterocycles. The van der Waals surface area contributed by atoms with Gasteiger partial charge in [0.2, 0.25) is 0 Å². The van der Waals surface area contributed by atoms with Crippen molar-refractivity contribution in [3.8, 4) is 0 Å². The van der Waals surface area contributed by atoms with E-state index in [1.165, 1.54) is 22.3 Å². The number of rotatable bonds is 16. The van der Waals surface area contributed by atoms with Gasteiger partial charge in [0, 0.05) is 35.2 Å². The number of hydrogen-bond donors (Lipinski definition) is 1.